The van der Waals surface area contributed by atoms with E-state index in [-0.39, 0.29) is 24.3 Å². The van der Waals surface area contributed by atoms with Crippen LogP contribution in [0.4, 0.5) is 5.69 Å². The van der Waals surface area contributed by atoms with E-state index in [4.69, 9.17) is 0 Å². The van der Waals surface area contributed by atoms with E-state index in [1.807, 2.05) is 42.6 Å². The highest BCUT2D eigenvalue weighted by molar-refractivity contribution is 7.10. The van der Waals surface area contributed by atoms with Gasteiger partial charge >= 0.3 is 0 Å². The number of nitrogens with one attached hydrogen (secondary N) is 2. The molecule has 3 aromatic rings. The van der Waals surface area contributed by atoms with Crippen molar-refractivity contribution in [3.63, 3.8) is 0 Å². The van der Waals surface area contributed by atoms with Gasteiger partial charge in [0, 0.05) is 22.0 Å². The maximum Gasteiger partial charge on any atom is 0.238 e. The second-order valence-electron chi connectivity index (χ2n) is 5.91. The summed E-state index contributed by atoms with van der Waals surface area (Å²) in [6.07, 6.45) is 0. The van der Waals surface area contributed by atoms with Gasteiger partial charge in [-0.3, -0.25) is 9.59 Å². The first-order valence-electron chi connectivity index (χ1n) is 8.40. The molecule has 132 valence electrons. The smallest absolute Gasteiger partial charge is 0.238 e. The first-order valence-corrected chi connectivity index (χ1v) is 9.28. The van der Waals surface area contributed by atoms with Crippen molar-refractivity contribution in [3.8, 4) is 0 Å². The summed E-state index contributed by atoms with van der Waals surface area (Å²) in [5, 5.41) is 8.05. The summed E-state index contributed by atoms with van der Waals surface area (Å²) in [6, 6.07) is 20.3. The third-order valence-electron chi connectivity index (χ3n) is 4.02. The zero-order valence-corrected chi connectivity index (χ0v) is 15.3. The van der Waals surface area contributed by atoms with Gasteiger partial charge in [0.2, 0.25) is 5.91 Å². The van der Waals surface area contributed by atoms with Crippen molar-refractivity contribution in [3.05, 3.63) is 88.1 Å². The predicted molar refractivity (Wildman–Crippen MR) is 106 cm³/mol. The number of thiophene rings is 1. The predicted octanol–water partition coefficient (Wildman–Crippen LogP) is 4.27. The first-order chi connectivity index (χ1) is 12.6. The number of rotatable bonds is 7. The molecule has 4 nitrogen and oxygen atoms in total. The second kappa shape index (κ2) is 8.56. The van der Waals surface area contributed by atoms with Gasteiger partial charge in [-0.25, -0.2) is 0 Å². The summed E-state index contributed by atoms with van der Waals surface area (Å²) in [5.41, 5.74) is 1.61. The number of amides is 1. The number of para-hydroxylation sites is 1. The van der Waals surface area contributed by atoms with E-state index in [0.29, 0.717) is 16.8 Å². The normalized spacial score (nSPS) is 11.7. The van der Waals surface area contributed by atoms with E-state index in [9.17, 15) is 9.59 Å². The lowest BCUT2D eigenvalue weighted by Crippen LogP contribution is -2.30. The van der Waals surface area contributed by atoms with Gasteiger partial charge in [0.15, 0.2) is 5.78 Å². The Hall–Kier alpha value is -2.76. The lowest BCUT2D eigenvalue weighted by atomic mass is 10.0. The monoisotopic (exact) mass is 364 g/mol. The number of ketones is 1. The molecule has 0 saturated heterocycles. The SMILES string of the molecule is CC(NCC(=O)Nc1ccccc1C(=O)c1ccccc1)c1cccs1. The average molecular weight is 364 g/mol. The van der Waals surface area contributed by atoms with Crippen LogP contribution in [0.25, 0.3) is 0 Å². The molecule has 2 N–H and O–H groups in total. The zero-order valence-electron chi connectivity index (χ0n) is 14.4. The average Bonchev–Trinajstić information content (AvgIpc) is 3.21. The van der Waals surface area contributed by atoms with Gasteiger partial charge in [0.05, 0.1) is 12.2 Å². The first kappa shape index (κ1) is 18.0. The van der Waals surface area contributed by atoms with Crippen LogP contribution in [-0.2, 0) is 4.79 Å². The van der Waals surface area contributed by atoms with Gasteiger partial charge in [-0.1, -0.05) is 48.5 Å². The minimum absolute atomic E-state index is 0.0990. The molecule has 0 radical (unpaired) electrons. The summed E-state index contributed by atoms with van der Waals surface area (Å²) < 4.78 is 0. The van der Waals surface area contributed by atoms with Crippen LogP contribution in [0.5, 0.6) is 0 Å². The van der Waals surface area contributed by atoms with E-state index in [0.717, 1.165) is 0 Å². The molecule has 0 aliphatic carbocycles. The maximum atomic E-state index is 12.7. The van der Waals surface area contributed by atoms with Crippen molar-refractivity contribution in [2.75, 3.05) is 11.9 Å². The zero-order chi connectivity index (χ0) is 18.4. The largest absolute Gasteiger partial charge is 0.324 e. The molecule has 1 heterocycles. The van der Waals surface area contributed by atoms with Crippen LogP contribution in [0.15, 0.2) is 72.1 Å². The van der Waals surface area contributed by atoms with Gasteiger partial charge in [0.25, 0.3) is 0 Å². The van der Waals surface area contributed by atoms with E-state index in [1.54, 1.807) is 47.7 Å². The molecule has 2 aromatic carbocycles. The fraction of sp³-hybridized carbons (Fsp3) is 0.143. The Morgan fingerprint density at radius 3 is 2.42 bits per heavy atom. The number of benzene rings is 2. The molecular formula is C21H20N2O2S. The number of carbonyl (C=O) groups excluding carboxylic acids is 2. The number of hydrogen-bond donors (Lipinski definition) is 2. The Morgan fingerprint density at radius 1 is 0.962 bits per heavy atom. The summed E-state index contributed by atoms with van der Waals surface area (Å²) >= 11 is 1.65. The van der Waals surface area contributed by atoms with Gasteiger partial charge in [-0.2, -0.15) is 0 Å². The Morgan fingerprint density at radius 2 is 1.69 bits per heavy atom. The molecule has 1 atom stereocenters. The summed E-state index contributed by atoms with van der Waals surface area (Å²) in [4.78, 5) is 26.2. The van der Waals surface area contributed by atoms with Crippen molar-refractivity contribution in [1.82, 2.24) is 5.32 Å². The molecule has 1 aromatic heterocycles. The molecule has 0 saturated carbocycles. The van der Waals surface area contributed by atoms with Crippen LogP contribution < -0.4 is 10.6 Å². The summed E-state index contributed by atoms with van der Waals surface area (Å²) in [5.74, 6) is -0.289. The number of anilines is 1. The minimum Gasteiger partial charge on any atom is -0.324 e. The molecule has 0 aliphatic rings. The molecule has 0 bridgehead atoms. The quantitative estimate of drug-likeness (QED) is 0.616. The van der Waals surface area contributed by atoms with Crippen LogP contribution in [-0.4, -0.2) is 18.2 Å². The van der Waals surface area contributed by atoms with Crippen LogP contribution in [0.2, 0.25) is 0 Å². The molecule has 0 spiro atoms. The van der Waals surface area contributed by atoms with Crippen molar-refractivity contribution < 1.29 is 9.59 Å². The maximum absolute atomic E-state index is 12.7. The fourth-order valence-corrected chi connectivity index (χ4v) is 3.37. The van der Waals surface area contributed by atoms with Crippen LogP contribution in [0, 0.1) is 0 Å². The second-order valence-corrected chi connectivity index (χ2v) is 6.89. The summed E-state index contributed by atoms with van der Waals surface area (Å²) in [7, 11) is 0. The Labute approximate surface area is 156 Å². The van der Waals surface area contributed by atoms with Gasteiger partial charge in [0.1, 0.15) is 0 Å². The molecule has 0 fully saturated rings. The minimum atomic E-state index is -0.179. The van der Waals surface area contributed by atoms with Crippen molar-refractivity contribution in [1.29, 1.82) is 0 Å². The van der Waals surface area contributed by atoms with E-state index in [1.165, 1.54) is 4.88 Å². The third-order valence-corrected chi connectivity index (χ3v) is 5.08. The highest BCUT2D eigenvalue weighted by Gasteiger charge is 2.15. The molecule has 1 amide bonds. The highest BCUT2D eigenvalue weighted by Crippen LogP contribution is 2.20. The number of carbonyl (C=O) groups is 2. The molecule has 3 rings (SSSR count). The summed E-state index contributed by atoms with van der Waals surface area (Å²) in [6.45, 7) is 2.19. The molecule has 26 heavy (non-hydrogen) atoms. The van der Waals surface area contributed by atoms with Crippen molar-refractivity contribution in [2.45, 2.75) is 13.0 Å². The Bertz CT molecular complexity index is 876. The van der Waals surface area contributed by atoms with Crippen LogP contribution in [0.1, 0.15) is 33.8 Å². The molecular weight excluding hydrogens is 344 g/mol. The molecule has 0 aliphatic heterocycles. The lowest BCUT2D eigenvalue weighted by Gasteiger charge is -2.14. The Balaban J connectivity index is 1.66. The van der Waals surface area contributed by atoms with Crippen molar-refractivity contribution in [2.24, 2.45) is 0 Å². The van der Waals surface area contributed by atoms with Crippen molar-refractivity contribution >= 4 is 28.7 Å². The van der Waals surface area contributed by atoms with E-state index >= 15 is 0 Å². The van der Waals surface area contributed by atoms with Gasteiger partial charge < -0.3 is 10.6 Å². The number of hydrogen-bond acceptors (Lipinski definition) is 4. The standard InChI is InChI=1S/C21H20N2O2S/c1-15(19-12-7-13-26-19)22-14-20(24)23-18-11-6-5-10-17(18)21(25)16-8-3-2-4-9-16/h2-13,15,22H,14H2,1H3,(H,23,24). The van der Waals surface area contributed by atoms with Crippen LogP contribution >= 0.6 is 11.3 Å². The highest BCUT2D eigenvalue weighted by atomic mass is 32.1. The van der Waals surface area contributed by atoms with E-state index in [2.05, 4.69) is 10.6 Å². The van der Waals surface area contributed by atoms with E-state index < -0.39 is 0 Å². The molecule has 1 unspecified atom stereocenters. The van der Waals surface area contributed by atoms with Gasteiger partial charge in [-0.05, 0) is 30.5 Å². The molecule has 5 heteroatoms. The fourth-order valence-electron chi connectivity index (χ4n) is 2.61. The van der Waals surface area contributed by atoms with Gasteiger partial charge in [-0.15, -0.1) is 11.3 Å². The Kier molecular flexibility index (Phi) is 5.94. The van der Waals surface area contributed by atoms with Crippen LogP contribution in [0.3, 0.4) is 0 Å². The topological polar surface area (TPSA) is 58.2 Å². The third kappa shape index (κ3) is 4.45. The lowest BCUT2D eigenvalue weighted by molar-refractivity contribution is -0.115.